The van der Waals surface area contributed by atoms with Gasteiger partial charge in [0, 0.05) is 0 Å². The summed E-state index contributed by atoms with van der Waals surface area (Å²) in [5.41, 5.74) is 0. The van der Waals surface area contributed by atoms with Crippen molar-refractivity contribution in [1.29, 1.82) is 0 Å². The van der Waals surface area contributed by atoms with Crippen LogP contribution in [0.25, 0.3) is 0 Å². The average molecular weight is 265 g/mol. The van der Waals surface area contributed by atoms with E-state index in [0.29, 0.717) is 0 Å². The van der Waals surface area contributed by atoms with E-state index in [1.165, 1.54) is 0 Å². The predicted octanol–water partition coefficient (Wildman–Crippen LogP) is 1.24. The minimum atomic E-state index is -2.02. The van der Waals surface area contributed by atoms with Gasteiger partial charge in [-0.1, -0.05) is 46.4 Å². The van der Waals surface area contributed by atoms with E-state index < -0.39 is 28.9 Å². The first-order chi connectivity index (χ1) is 4.36. The van der Waals surface area contributed by atoms with E-state index in [9.17, 15) is 0 Å². The zero-order valence-corrected chi connectivity index (χ0v) is 8.98. The number of halogens is 4. The first-order valence-electron chi connectivity index (χ1n) is 1.75. The molecule has 0 aromatic heterocycles. The van der Waals surface area contributed by atoms with Gasteiger partial charge in [0.1, 0.15) is 0 Å². The van der Waals surface area contributed by atoms with Crippen LogP contribution in [0, 0.1) is 0 Å². The number of hydrogen-bond donors (Lipinski definition) is 2. The molecule has 0 aromatic carbocycles. The van der Waals surface area contributed by atoms with E-state index in [0.717, 1.165) is 0 Å². The minimum absolute atomic E-state index is 1.17. The van der Waals surface area contributed by atoms with Crippen molar-refractivity contribution in [2.45, 2.75) is 9.36 Å². The summed E-state index contributed by atoms with van der Waals surface area (Å²) in [6.07, 6.45) is 0. The fraction of sp³-hybridized carbons (Fsp3) is 1.00. The van der Waals surface area contributed by atoms with Crippen molar-refractivity contribution in [3.05, 3.63) is 0 Å². The number of alkyl halides is 4. The fourth-order valence-corrected chi connectivity index (χ4v) is 0. The van der Waals surface area contributed by atoms with E-state index in [2.05, 4.69) is 0 Å². The number of hydrogen-bond acceptors (Lipinski definition) is 2. The molecule has 0 aromatic rings. The molecule has 0 heterocycles. The van der Waals surface area contributed by atoms with Crippen LogP contribution in [0.1, 0.15) is 0 Å². The Hall–Kier alpha value is 1.59. The second kappa shape index (κ2) is 7.25. The van der Waals surface area contributed by atoms with E-state index in [1.807, 2.05) is 0 Å². The summed E-state index contributed by atoms with van der Waals surface area (Å²) in [4.78, 5) is -1.17. The Bertz CT molecular complexity index is 91.0. The molecule has 0 aliphatic rings. The maximum atomic E-state index is 8.61. The SMILES string of the molecule is OC(Cl)(Cl)C(Cl)Cl.[O]=[Ti][OH]. The van der Waals surface area contributed by atoms with Crippen molar-refractivity contribution in [3.8, 4) is 0 Å². The Morgan fingerprint density at radius 3 is 1.50 bits per heavy atom. The van der Waals surface area contributed by atoms with Crippen LogP contribution in [0.3, 0.4) is 0 Å². The summed E-state index contributed by atoms with van der Waals surface area (Å²) in [6, 6.07) is 0. The van der Waals surface area contributed by atoms with Gasteiger partial charge < -0.3 is 5.11 Å². The molecule has 0 aliphatic carbocycles. The monoisotopic (exact) mass is 263 g/mol. The molecule has 61 valence electrons. The van der Waals surface area contributed by atoms with Crippen molar-refractivity contribution in [2.24, 2.45) is 0 Å². The molecule has 2 N–H and O–H groups in total. The van der Waals surface area contributed by atoms with Gasteiger partial charge in [-0.15, -0.1) is 0 Å². The van der Waals surface area contributed by atoms with Crippen molar-refractivity contribution >= 4 is 46.4 Å². The van der Waals surface area contributed by atoms with Gasteiger partial charge in [0.05, 0.1) is 0 Å². The quantitative estimate of drug-likeness (QED) is 0.553. The van der Waals surface area contributed by atoms with Crippen LogP contribution in [-0.2, 0) is 22.8 Å². The normalized spacial score (nSPS) is 9.90. The van der Waals surface area contributed by atoms with Crippen LogP contribution in [-0.4, -0.2) is 18.2 Å². The fourth-order valence-electron chi connectivity index (χ4n) is 0. The van der Waals surface area contributed by atoms with Crippen LogP contribution >= 0.6 is 46.4 Å². The zero-order chi connectivity index (χ0) is 8.78. The molecule has 3 nitrogen and oxygen atoms in total. The average Bonchev–Trinajstić information content (AvgIpc) is 1.64. The molecule has 0 spiro atoms. The van der Waals surface area contributed by atoms with Gasteiger partial charge in [0.2, 0.25) is 4.52 Å². The third-order valence-electron chi connectivity index (χ3n) is 0.263. The standard InChI is InChI=1S/C2H2Cl4O.H2O.O.Ti/c3-1(4)2(5,6)7;;;/h1,7H;1H2;;/q;;;+1/p-1. The molecule has 10 heavy (non-hydrogen) atoms. The Labute approximate surface area is 86.9 Å². The molecule has 0 saturated carbocycles. The summed E-state index contributed by atoms with van der Waals surface area (Å²) < 4.78 is 13.7. The summed E-state index contributed by atoms with van der Waals surface area (Å²) in [5.74, 6) is 0. The Kier molecular flexibility index (Phi) is 10.3. The maximum absolute atomic E-state index is 8.61. The second-order valence-corrected chi connectivity index (χ2v) is 3.71. The molecular formula is C2H3Cl4O3Ti. The molecular weight excluding hydrogens is 262 g/mol. The second-order valence-electron chi connectivity index (χ2n) is 0.980. The van der Waals surface area contributed by atoms with Gasteiger partial charge in [-0.05, 0) is 0 Å². The number of rotatable bonds is 1. The first-order valence-corrected chi connectivity index (χ1v) is 4.72. The van der Waals surface area contributed by atoms with E-state index in [4.69, 9.17) is 58.5 Å². The van der Waals surface area contributed by atoms with Gasteiger partial charge in [-0.25, -0.2) is 0 Å². The molecule has 0 rings (SSSR count). The van der Waals surface area contributed by atoms with Crippen molar-refractivity contribution < 1.29 is 31.6 Å². The third-order valence-corrected chi connectivity index (χ3v) is 1.78. The molecule has 0 amide bonds. The van der Waals surface area contributed by atoms with Gasteiger partial charge in [-0.3, -0.25) is 0 Å². The van der Waals surface area contributed by atoms with Crippen molar-refractivity contribution in [3.63, 3.8) is 0 Å². The molecule has 0 saturated heterocycles. The van der Waals surface area contributed by atoms with Crippen LogP contribution in [0.4, 0.5) is 0 Å². The predicted molar refractivity (Wildman–Crippen MR) is 35.1 cm³/mol. The molecule has 0 unspecified atom stereocenters. The van der Waals surface area contributed by atoms with Crippen LogP contribution in [0.15, 0.2) is 0 Å². The molecule has 0 fully saturated rings. The van der Waals surface area contributed by atoms with Crippen molar-refractivity contribution in [2.75, 3.05) is 0 Å². The Balaban J connectivity index is 0. The summed E-state index contributed by atoms with van der Waals surface area (Å²) >= 11 is 18.1. The Morgan fingerprint density at radius 2 is 1.50 bits per heavy atom. The van der Waals surface area contributed by atoms with Gasteiger partial charge in [0.15, 0.2) is 4.84 Å². The zero-order valence-electron chi connectivity index (χ0n) is 4.39. The Morgan fingerprint density at radius 1 is 1.40 bits per heavy atom. The van der Waals surface area contributed by atoms with E-state index >= 15 is 0 Å². The van der Waals surface area contributed by atoms with Crippen molar-refractivity contribution in [1.82, 2.24) is 0 Å². The van der Waals surface area contributed by atoms with Crippen LogP contribution < -0.4 is 0 Å². The summed E-state index contributed by atoms with van der Waals surface area (Å²) in [5, 5.41) is 8.36. The first kappa shape index (κ1) is 14.1. The molecule has 0 bridgehead atoms. The topological polar surface area (TPSA) is 57.5 Å². The van der Waals surface area contributed by atoms with Gasteiger partial charge in [-0.2, -0.15) is 0 Å². The van der Waals surface area contributed by atoms with Crippen LogP contribution in [0.2, 0.25) is 0 Å². The molecule has 8 heteroatoms. The van der Waals surface area contributed by atoms with Crippen LogP contribution in [0.5, 0.6) is 0 Å². The van der Waals surface area contributed by atoms with Gasteiger partial charge >= 0.3 is 26.5 Å². The summed E-state index contributed by atoms with van der Waals surface area (Å²) in [7, 11) is 0. The number of aliphatic hydroxyl groups is 1. The van der Waals surface area contributed by atoms with E-state index in [-0.39, 0.29) is 0 Å². The molecule has 0 atom stereocenters. The van der Waals surface area contributed by atoms with E-state index in [1.54, 1.807) is 0 Å². The third kappa shape index (κ3) is 12.3. The van der Waals surface area contributed by atoms with Gasteiger partial charge in [0.25, 0.3) is 0 Å². The molecule has 0 radical (unpaired) electrons. The summed E-state index contributed by atoms with van der Waals surface area (Å²) in [6.45, 7) is 0. The molecule has 0 aliphatic heterocycles.